The third kappa shape index (κ3) is 7.68. The van der Waals surface area contributed by atoms with Gasteiger partial charge in [-0.2, -0.15) is 5.10 Å². The molecule has 0 spiro atoms. The smallest absolute Gasteiger partial charge is 0.321 e. The molecule has 4 rings (SSSR count). The van der Waals surface area contributed by atoms with Gasteiger partial charge in [-0.1, -0.05) is 25.3 Å². The first-order valence-electron chi connectivity index (χ1n) is 13.0. The molecule has 0 atom stereocenters. The van der Waals surface area contributed by atoms with Crippen LogP contribution >= 0.6 is 0 Å². The monoisotopic (exact) mass is 485 g/mol. The molecule has 2 fully saturated rings. The number of aliphatic hydroxyl groups excluding tert-OH is 1. The second-order valence-corrected chi connectivity index (χ2v) is 9.46. The van der Waals surface area contributed by atoms with Crippen LogP contribution < -0.4 is 10.1 Å². The summed E-state index contributed by atoms with van der Waals surface area (Å²) in [5.74, 6) is 1.17. The van der Waals surface area contributed by atoms with Gasteiger partial charge in [0, 0.05) is 51.1 Å². The van der Waals surface area contributed by atoms with E-state index >= 15 is 0 Å². The molecule has 9 heteroatoms. The molecule has 1 saturated carbocycles. The lowest BCUT2D eigenvalue weighted by Gasteiger charge is -2.30. The lowest BCUT2D eigenvalue weighted by atomic mass is 9.89. The lowest BCUT2D eigenvalue weighted by Crippen LogP contribution is -2.40. The number of ether oxygens (including phenoxy) is 2. The second-order valence-electron chi connectivity index (χ2n) is 9.46. The Kier molecular flexibility index (Phi) is 9.80. The molecule has 2 heterocycles. The van der Waals surface area contributed by atoms with Gasteiger partial charge in [-0.3, -0.25) is 10.00 Å². The van der Waals surface area contributed by atoms with Crippen molar-refractivity contribution in [2.75, 3.05) is 64.5 Å². The lowest BCUT2D eigenvalue weighted by molar-refractivity contribution is 0.0323. The molecule has 2 aliphatic rings. The molecular weight excluding hydrogens is 446 g/mol. The summed E-state index contributed by atoms with van der Waals surface area (Å²) >= 11 is 0. The molecule has 9 nitrogen and oxygen atoms in total. The first kappa shape index (κ1) is 25.5. The molecule has 2 amide bonds. The van der Waals surface area contributed by atoms with E-state index in [2.05, 4.69) is 20.4 Å². The number of benzene rings is 1. The number of hydrogen-bond donors (Lipinski definition) is 3. The van der Waals surface area contributed by atoms with E-state index in [0.717, 1.165) is 63.4 Å². The van der Waals surface area contributed by atoms with E-state index in [4.69, 9.17) is 9.47 Å². The normalized spacial score (nSPS) is 17.3. The molecule has 1 saturated heterocycles. The fourth-order valence-corrected chi connectivity index (χ4v) is 4.86. The number of hydrogen-bond acceptors (Lipinski definition) is 6. The Morgan fingerprint density at radius 3 is 2.80 bits per heavy atom. The van der Waals surface area contributed by atoms with Gasteiger partial charge in [-0.15, -0.1) is 0 Å². The Morgan fingerprint density at radius 1 is 1.23 bits per heavy atom. The van der Waals surface area contributed by atoms with E-state index in [-0.39, 0.29) is 12.6 Å². The molecule has 1 aliphatic heterocycles. The highest BCUT2D eigenvalue weighted by Crippen LogP contribution is 2.31. The fraction of sp³-hybridized carbons (Fsp3) is 0.615. The number of aliphatic hydroxyl groups is 1. The van der Waals surface area contributed by atoms with Gasteiger partial charge in [0.2, 0.25) is 0 Å². The molecule has 0 unspecified atom stereocenters. The van der Waals surface area contributed by atoms with Crippen molar-refractivity contribution in [2.45, 2.75) is 38.5 Å². The molecule has 35 heavy (non-hydrogen) atoms. The summed E-state index contributed by atoms with van der Waals surface area (Å²) < 4.78 is 11.6. The van der Waals surface area contributed by atoms with Gasteiger partial charge < -0.3 is 24.8 Å². The number of urea groups is 1. The molecule has 1 aromatic heterocycles. The van der Waals surface area contributed by atoms with Crippen molar-refractivity contribution < 1.29 is 19.4 Å². The summed E-state index contributed by atoms with van der Waals surface area (Å²) in [6.45, 7) is 5.98. The first-order valence-corrected chi connectivity index (χ1v) is 13.0. The molecule has 0 radical (unpaired) electrons. The zero-order valence-electron chi connectivity index (χ0n) is 20.6. The van der Waals surface area contributed by atoms with Crippen LogP contribution in [0.15, 0.2) is 30.6 Å². The van der Waals surface area contributed by atoms with Gasteiger partial charge >= 0.3 is 6.03 Å². The van der Waals surface area contributed by atoms with Gasteiger partial charge in [-0.05, 0) is 42.9 Å². The van der Waals surface area contributed by atoms with E-state index in [9.17, 15) is 9.90 Å². The number of morpholine rings is 1. The number of aromatic amines is 1. The average molecular weight is 486 g/mol. The Hall–Kier alpha value is -2.62. The van der Waals surface area contributed by atoms with Crippen molar-refractivity contribution in [3.63, 3.8) is 0 Å². The number of nitrogens with zero attached hydrogens (tertiary/aromatic N) is 3. The standard InChI is InChI=1S/C26H39N5O4/c32-13-4-9-31(20-21-5-2-1-3-6-21)26(33)29-24-8-7-22(23-18-27-28-19-23)17-25(24)35-16-12-30-10-14-34-15-11-30/h7-8,17-19,21,32H,1-6,9-16,20H2,(H,27,28)(H,29,33). The van der Waals surface area contributed by atoms with Crippen molar-refractivity contribution in [3.05, 3.63) is 30.6 Å². The van der Waals surface area contributed by atoms with Gasteiger partial charge in [0.25, 0.3) is 0 Å². The number of H-pyrrole nitrogens is 1. The van der Waals surface area contributed by atoms with E-state index in [1.165, 1.54) is 19.3 Å². The highest BCUT2D eigenvalue weighted by molar-refractivity contribution is 5.91. The van der Waals surface area contributed by atoms with Gasteiger partial charge in [0.15, 0.2) is 0 Å². The first-order chi connectivity index (χ1) is 17.2. The minimum Gasteiger partial charge on any atom is -0.490 e. The maximum Gasteiger partial charge on any atom is 0.321 e. The van der Waals surface area contributed by atoms with Crippen LogP contribution in [0.1, 0.15) is 38.5 Å². The molecule has 2 aromatic rings. The summed E-state index contributed by atoms with van der Waals surface area (Å²) in [5, 5.41) is 19.4. The Balaban J connectivity index is 1.45. The summed E-state index contributed by atoms with van der Waals surface area (Å²) in [7, 11) is 0. The number of rotatable bonds is 11. The maximum atomic E-state index is 13.3. The number of amides is 2. The minimum absolute atomic E-state index is 0.0732. The predicted molar refractivity (Wildman–Crippen MR) is 136 cm³/mol. The van der Waals surface area contributed by atoms with Crippen molar-refractivity contribution in [2.24, 2.45) is 5.92 Å². The Bertz CT molecular complexity index is 895. The largest absolute Gasteiger partial charge is 0.490 e. The van der Waals surface area contributed by atoms with Crippen molar-refractivity contribution >= 4 is 11.7 Å². The summed E-state index contributed by atoms with van der Waals surface area (Å²) in [6, 6.07) is 5.68. The highest BCUT2D eigenvalue weighted by Gasteiger charge is 2.22. The predicted octanol–water partition coefficient (Wildman–Crippen LogP) is 3.58. The van der Waals surface area contributed by atoms with Crippen LogP contribution in [0.2, 0.25) is 0 Å². The third-order valence-electron chi connectivity index (χ3n) is 6.90. The topological polar surface area (TPSA) is 103 Å². The minimum atomic E-state index is -0.141. The van der Waals surface area contributed by atoms with Crippen LogP contribution in [-0.4, -0.2) is 90.3 Å². The van der Waals surface area contributed by atoms with Crippen LogP contribution in [0.4, 0.5) is 10.5 Å². The van der Waals surface area contributed by atoms with E-state index in [1.807, 2.05) is 29.3 Å². The fourth-order valence-electron chi connectivity index (χ4n) is 4.86. The van der Waals surface area contributed by atoms with Crippen LogP contribution in [0.3, 0.4) is 0 Å². The van der Waals surface area contributed by atoms with E-state index < -0.39 is 0 Å². The van der Waals surface area contributed by atoms with Gasteiger partial charge in [0.1, 0.15) is 12.4 Å². The molecule has 1 aliphatic carbocycles. The molecule has 3 N–H and O–H groups in total. The quantitative estimate of drug-likeness (QED) is 0.450. The Morgan fingerprint density at radius 2 is 2.06 bits per heavy atom. The van der Waals surface area contributed by atoms with Crippen molar-refractivity contribution in [1.29, 1.82) is 0 Å². The number of anilines is 1. The third-order valence-corrected chi connectivity index (χ3v) is 6.90. The van der Waals surface area contributed by atoms with Crippen LogP contribution in [0, 0.1) is 5.92 Å². The van der Waals surface area contributed by atoms with Crippen LogP contribution in [-0.2, 0) is 4.74 Å². The number of carbonyl (C=O) groups excluding carboxylic acids is 1. The average Bonchev–Trinajstić information content (AvgIpc) is 3.44. The highest BCUT2D eigenvalue weighted by atomic mass is 16.5. The second kappa shape index (κ2) is 13.5. The summed E-state index contributed by atoms with van der Waals surface area (Å²) in [5.41, 5.74) is 2.59. The number of carbonyl (C=O) groups is 1. The van der Waals surface area contributed by atoms with Crippen molar-refractivity contribution in [1.82, 2.24) is 20.0 Å². The van der Waals surface area contributed by atoms with E-state index in [0.29, 0.717) is 36.9 Å². The molecule has 192 valence electrons. The molecular formula is C26H39N5O4. The van der Waals surface area contributed by atoms with Gasteiger partial charge in [-0.25, -0.2) is 4.79 Å². The maximum absolute atomic E-state index is 13.3. The molecule has 1 aromatic carbocycles. The summed E-state index contributed by atoms with van der Waals surface area (Å²) in [4.78, 5) is 17.5. The molecule has 0 bridgehead atoms. The SMILES string of the molecule is O=C(Nc1ccc(-c2cn[nH]c2)cc1OCCN1CCOCC1)N(CCCO)CC1CCCCC1. The number of nitrogens with one attached hydrogen (secondary N) is 2. The number of aromatic nitrogens is 2. The Labute approximate surface area is 207 Å². The zero-order chi connectivity index (χ0) is 24.3. The van der Waals surface area contributed by atoms with Gasteiger partial charge in [0.05, 0.1) is 25.1 Å². The van der Waals surface area contributed by atoms with Crippen LogP contribution in [0.25, 0.3) is 11.1 Å². The zero-order valence-corrected chi connectivity index (χ0v) is 20.6. The van der Waals surface area contributed by atoms with Crippen LogP contribution in [0.5, 0.6) is 5.75 Å². The van der Waals surface area contributed by atoms with E-state index in [1.54, 1.807) is 6.20 Å². The van der Waals surface area contributed by atoms with Crippen molar-refractivity contribution in [3.8, 4) is 16.9 Å². The summed E-state index contributed by atoms with van der Waals surface area (Å²) in [6.07, 6.45) is 10.3.